The van der Waals surface area contributed by atoms with Gasteiger partial charge in [0.25, 0.3) is 11.8 Å². The minimum Gasteiger partial charge on any atom is -0.268 e. The van der Waals surface area contributed by atoms with Gasteiger partial charge < -0.3 is 0 Å². The summed E-state index contributed by atoms with van der Waals surface area (Å²) in [5.41, 5.74) is 6.47. The summed E-state index contributed by atoms with van der Waals surface area (Å²) in [6, 6.07) is 34.1. The maximum Gasteiger partial charge on any atom is 0.272 e. The van der Waals surface area contributed by atoms with Crippen LogP contribution in [0.2, 0.25) is 0 Å². The molecule has 0 saturated carbocycles. The van der Waals surface area contributed by atoms with Crippen molar-refractivity contribution >= 4 is 23.8 Å². The molecule has 5 rings (SSSR count). The van der Waals surface area contributed by atoms with Crippen LogP contribution in [0.4, 0.5) is 0 Å². The fourth-order valence-electron chi connectivity index (χ4n) is 4.23. The second-order valence-electron chi connectivity index (χ2n) is 8.11. The third-order valence-corrected chi connectivity index (χ3v) is 6.94. The number of hydrogen-bond acceptors (Lipinski definition) is 3. The number of imide groups is 1. The molecule has 0 aliphatic carbocycles. The van der Waals surface area contributed by atoms with E-state index >= 15 is 0 Å². The fourth-order valence-corrected chi connectivity index (χ4v) is 5.13. The molecule has 1 heterocycles. The van der Waals surface area contributed by atoms with Crippen molar-refractivity contribution in [1.82, 2.24) is 4.31 Å². The van der Waals surface area contributed by atoms with Crippen LogP contribution >= 0.6 is 11.9 Å². The number of nitrogens with zero attached hydrogens (tertiary/aromatic N) is 1. The molecule has 0 atom stereocenters. The Morgan fingerprint density at radius 1 is 0.576 bits per heavy atom. The van der Waals surface area contributed by atoms with Crippen molar-refractivity contribution in [3.05, 3.63) is 142 Å². The zero-order chi connectivity index (χ0) is 22.6. The lowest BCUT2D eigenvalue weighted by Gasteiger charge is -2.15. The lowest BCUT2D eigenvalue weighted by molar-refractivity contribution is 0.0776. The maximum atomic E-state index is 13.5. The number of carbonyl (C=O) groups is 2. The Kier molecular flexibility index (Phi) is 6.09. The first-order chi connectivity index (χ1) is 16.2. The van der Waals surface area contributed by atoms with E-state index in [0.717, 1.165) is 28.7 Å². The van der Waals surface area contributed by atoms with Crippen LogP contribution in [0.3, 0.4) is 0 Å². The highest BCUT2D eigenvalue weighted by molar-refractivity contribution is 7.97. The van der Waals surface area contributed by atoms with Gasteiger partial charge in [0.2, 0.25) is 0 Å². The molecule has 0 bridgehead atoms. The molecule has 0 spiro atoms. The first-order valence-corrected chi connectivity index (χ1v) is 11.9. The van der Waals surface area contributed by atoms with E-state index in [2.05, 4.69) is 24.3 Å². The normalized spacial score (nSPS) is 12.8. The summed E-state index contributed by atoms with van der Waals surface area (Å²) < 4.78 is 1.33. The van der Waals surface area contributed by atoms with E-state index in [0.29, 0.717) is 23.3 Å². The molecular weight excluding hydrogens is 426 g/mol. The zero-order valence-electron chi connectivity index (χ0n) is 18.1. The summed E-state index contributed by atoms with van der Waals surface area (Å²) in [6.45, 7) is 0. The number of rotatable bonds is 7. The number of fused-ring (bicyclic) bond motifs is 1. The lowest BCUT2D eigenvalue weighted by Crippen LogP contribution is -2.22. The lowest BCUT2D eigenvalue weighted by atomic mass is 9.89. The molecule has 0 fully saturated rings. The van der Waals surface area contributed by atoms with Crippen molar-refractivity contribution in [3.8, 4) is 0 Å². The predicted molar refractivity (Wildman–Crippen MR) is 133 cm³/mol. The predicted octanol–water partition coefficient (Wildman–Crippen LogP) is 6.31. The van der Waals surface area contributed by atoms with E-state index in [1.807, 2.05) is 78.9 Å². The van der Waals surface area contributed by atoms with Crippen LogP contribution in [0, 0.1) is 0 Å². The van der Waals surface area contributed by atoms with Gasteiger partial charge in [0.05, 0.1) is 11.1 Å². The summed E-state index contributed by atoms with van der Waals surface area (Å²) >= 11 is 1.27. The van der Waals surface area contributed by atoms with Gasteiger partial charge in [-0.1, -0.05) is 97.1 Å². The minimum atomic E-state index is -0.225. The van der Waals surface area contributed by atoms with E-state index in [9.17, 15) is 9.59 Å². The molecule has 0 aromatic heterocycles. The summed E-state index contributed by atoms with van der Waals surface area (Å²) in [5.74, 6) is 0.130. The highest BCUT2D eigenvalue weighted by Crippen LogP contribution is 2.35. The van der Waals surface area contributed by atoms with Crippen molar-refractivity contribution in [3.63, 3.8) is 0 Å². The fraction of sp³-hybridized carbons (Fsp3) is 0.103. The average molecular weight is 450 g/mol. The molecular formula is C29H23NO2S. The Morgan fingerprint density at radius 3 is 1.73 bits per heavy atom. The van der Waals surface area contributed by atoms with Crippen molar-refractivity contribution < 1.29 is 9.59 Å². The Bertz CT molecular complexity index is 1290. The molecule has 162 valence electrons. The van der Waals surface area contributed by atoms with Crippen molar-refractivity contribution in [2.45, 2.75) is 18.6 Å². The van der Waals surface area contributed by atoms with Gasteiger partial charge in [0, 0.05) is 5.75 Å². The van der Waals surface area contributed by atoms with Crippen LogP contribution in [0.25, 0.3) is 0 Å². The molecule has 1 aliphatic rings. The summed E-state index contributed by atoms with van der Waals surface area (Å²) in [5, 5.41) is 0. The van der Waals surface area contributed by atoms with E-state index in [1.165, 1.54) is 21.8 Å². The van der Waals surface area contributed by atoms with E-state index < -0.39 is 0 Å². The first-order valence-electron chi connectivity index (χ1n) is 11.0. The van der Waals surface area contributed by atoms with Crippen molar-refractivity contribution in [2.75, 3.05) is 0 Å². The third kappa shape index (κ3) is 4.48. The highest BCUT2D eigenvalue weighted by Gasteiger charge is 2.38. The van der Waals surface area contributed by atoms with E-state index in [1.54, 1.807) is 0 Å². The zero-order valence-corrected chi connectivity index (χ0v) is 18.9. The Morgan fingerprint density at radius 2 is 1.12 bits per heavy atom. The molecule has 4 aromatic carbocycles. The monoisotopic (exact) mass is 449 g/mol. The smallest absolute Gasteiger partial charge is 0.268 e. The number of hydrogen-bond donors (Lipinski definition) is 0. The molecule has 4 aromatic rings. The molecule has 33 heavy (non-hydrogen) atoms. The van der Waals surface area contributed by atoms with Gasteiger partial charge in [0.1, 0.15) is 0 Å². The molecule has 0 saturated heterocycles. The average Bonchev–Trinajstić information content (AvgIpc) is 3.10. The molecule has 0 radical (unpaired) electrons. The van der Waals surface area contributed by atoms with Gasteiger partial charge in [-0.15, -0.1) is 0 Å². The van der Waals surface area contributed by atoms with E-state index in [4.69, 9.17) is 0 Å². The van der Waals surface area contributed by atoms with Gasteiger partial charge in [-0.2, -0.15) is 0 Å². The number of amides is 2. The quantitative estimate of drug-likeness (QED) is 0.245. The van der Waals surface area contributed by atoms with E-state index in [-0.39, 0.29) is 11.8 Å². The summed E-state index contributed by atoms with van der Waals surface area (Å²) in [7, 11) is 0. The van der Waals surface area contributed by atoms with Gasteiger partial charge in [-0.3, -0.25) is 9.59 Å². The van der Waals surface area contributed by atoms with Gasteiger partial charge in [-0.05, 0) is 58.7 Å². The molecule has 2 amide bonds. The van der Waals surface area contributed by atoms with Crippen LogP contribution in [-0.4, -0.2) is 16.1 Å². The van der Waals surface area contributed by atoms with Gasteiger partial charge in [-0.25, -0.2) is 4.31 Å². The van der Waals surface area contributed by atoms with Crippen molar-refractivity contribution in [2.24, 2.45) is 0 Å². The number of benzene rings is 4. The Labute approximate surface area is 198 Å². The highest BCUT2D eigenvalue weighted by atomic mass is 32.2. The standard InChI is InChI=1S/C29H23NO2S/c31-28-25-17-16-24(18-21-10-4-1-5-11-21)26(19-22-12-6-2-7-13-22)27(25)29(32)30(28)33-20-23-14-8-3-9-15-23/h1-17H,18-20H2. The maximum absolute atomic E-state index is 13.5. The largest absolute Gasteiger partial charge is 0.272 e. The molecule has 3 nitrogen and oxygen atoms in total. The number of carbonyl (C=O) groups excluding carboxylic acids is 2. The van der Waals surface area contributed by atoms with Crippen LogP contribution in [0.1, 0.15) is 48.5 Å². The van der Waals surface area contributed by atoms with Crippen molar-refractivity contribution in [1.29, 1.82) is 0 Å². The van der Waals surface area contributed by atoms with Gasteiger partial charge in [0.15, 0.2) is 0 Å². The molecule has 0 unspecified atom stereocenters. The topological polar surface area (TPSA) is 37.4 Å². The van der Waals surface area contributed by atoms with Crippen LogP contribution in [0.15, 0.2) is 103 Å². The van der Waals surface area contributed by atoms with Crippen LogP contribution in [0.5, 0.6) is 0 Å². The third-order valence-electron chi connectivity index (χ3n) is 5.89. The van der Waals surface area contributed by atoms with Crippen LogP contribution in [-0.2, 0) is 18.6 Å². The molecule has 1 aliphatic heterocycles. The minimum absolute atomic E-state index is 0.211. The second-order valence-corrected chi connectivity index (χ2v) is 9.03. The first kappa shape index (κ1) is 21.2. The SMILES string of the molecule is O=C1c2ccc(Cc3ccccc3)c(Cc3ccccc3)c2C(=O)N1SCc1ccccc1. The molecule has 0 N–H and O–H groups in total. The van der Waals surface area contributed by atoms with Gasteiger partial charge >= 0.3 is 0 Å². The second kappa shape index (κ2) is 9.47. The Hall–Kier alpha value is -3.63. The van der Waals surface area contributed by atoms with Crippen LogP contribution < -0.4 is 0 Å². The Balaban J connectivity index is 1.51. The summed E-state index contributed by atoms with van der Waals surface area (Å²) in [4.78, 5) is 26.7. The summed E-state index contributed by atoms with van der Waals surface area (Å²) in [6.07, 6.45) is 1.33. The molecule has 4 heteroatoms.